The van der Waals surface area contributed by atoms with Crippen molar-refractivity contribution in [2.75, 3.05) is 0 Å². The van der Waals surface area contributed by atoms with Gasteiger partial charge in [-0.2, -0.15) is 17.7 Å². The highest BCUT2D eigenvalue weighted by Gasteiger charge is 2.30. The largest absolute Gasteiger partial charge is 0.416 e. The fourth-order valence-corrected chi connectivity index (χ4v) is 3.04. The summed E-state index contributed by atoms with van der Waals surface area (Å²) in [5, 5.41) is 4.85. The molecule has 0 aliphatic rings. The maximum absolute atomic E-state index is 12.8. The summed E-state index contributed by atoms with van der Waals surface area (Å²) >= 11 is 0. The molecule has 126 valence electrons. The number of aromatic nitrogens is 3. The smallest absolute Gasteiger partial charge is 0.284 e. The third-order valence-corrected chi connectivity index (χ3v) is 4.23. The molecule has 0 aliphatic heterocycles. The molecule has 0 radical (unpaired) electrons. The number of hydrogen-bond acceptors (Lipinski definition) is 1. The van der Waals surface area contributed by atoms with Gasteiger partial charge in [0.1, 0.15) is 12.6 Å². The lowest BCUT2D eigenvalue weighted by Crippen LogP contribution is -2.33. The lowest BCUT2D eigenvalue weighted by atomic mass is 10.1. The number of aryl methyl sites for hydroxylation is 1. The number of nitrogens with zero attached hydrogens (tertiary/aromatic N) is 2. The van der Waals surface area contributed by atoms with E-state index < -0.39 is 11.7 Å². The Morgan fingerprint density at radius 1 is 1.04 bits per heavy atom. The molecule has 0 saturated carbocycles. The first-order chi connectivity index (χ1) is 11.9. The van der Waals surface area contributed by atoms with Crippen molar-refractivity contribution in [3.63, 3.8) is 0 Å². The summed E-state index contributed by atoms with van der Waals surface area (Å²) in [6.45, 7) is 0. The summed E-state index contributed by atoms with van der Waals surface area (Å²) in [4.78, 5) is 12.8. The quantitative estimate of drug-likeness (QED) is 0.529. The van der Waals surface area contributed by atoms with Crippen LogP contribution in [0.4, 0.5) is 13.2 Å². The fourth-order valence-electron chi connectivity index (χ4n) is 3.04. The van der Waals surface area contributed by atoms with Crippen LogP contribution < -0.4 is 10.1 Å². The number of alkyl halides is 3. The molecule has 1 N–H and O–H groups in total. The number of H-pyrrole nitrogens is 1. The summed E-state index contributed by atoms with van der Waals surface area (Å²) < 4.78 is 41.1. The standard InChI is InChI=1S/C18H12F3N3O/c1-23-10-11-4-2-3-5-14(11)15-16(23)17(25)24(22-15)13-8-6-12(7-9-13)18(19,20)21/h2-10H,1H3/p+1. The Morgan fingerprint density at radius 2 is 1.72 bits per heavy atom. The van der Waals surface area contributed by atoms with Gasteiger partial charge < -0.3 is 0 Å². The van der Waals surface area contributed by atoms with Crippen LogP contribution in [0, 0.1) is 0 Å². The Balaban J connectivity index is 1.97. The van der Waals surface area contributed by atoms with Crippen molar-refractivity contribution >= 4 is 21.8 Å². The molecule has 25 heavy (non-hydrogen) atoms. The van der Waals surface area contributed by atoms with Crippen LogP contribution in [0.15, 0.2) is 59.5 Å². The first-order valence-corrected chi connectivity index (χ1v) is 7.56. The average molecular weight is 344 g/mol. The van der Waals surface area contributed by atoms with Gasteiger partial charge in [0, 0.05) is 10.8 Å². The van der Waals surface area contributed by atoms with E-state index in [4.69, 9.17) is 0 Å². The number of aromatic amines is 1. The van der Waals surface area contributed by atoms with Crippen molar-refractivity contribution in [3.05, 3.63) is 70.6 Å². The van der Waals surface area contributed by atoms with Crippen molar-refractivity contribution in [1.82, 2.24) is 9.78 Å². The van der Waals surface area contributed by atoms with E-state index in [9.17, 15) is 18.0 Å². The fraction of sp³-hybridized carbons (Fsp3) is 0.111. The normalized spacial score (nSPS) is 12.2. The van der Waals surface area contributed by atoms with Crippen molar-refractivity contribution in [2.24, 2.45) is 7.05 Å². The number of benzene rings is 2. The molecular weight excluding hydrogens is 331 g/mol. The molecule has 0 atom stereocenters. The van der Waals surface area contributed by atoms with E-state index in [1.807, 2.05) is 30.5 Å². The number of fused-ring (bicyclic) bond motifs is 3. The minimum atomic E-state index is -4.41. The van der Waals surface area contributed by atoms with Crippen LogP contribution in [0.2, 0.25) is 0 Å². The number of nitrogens with one attached hydrogen (secondary N) is 1. The molecule has 0 fully saturated rings. The summed E-state index contributed by atoms with van der Waals surface area (Å²) in [6, 6.07) is 12.1. The predicted molar refractivity (Wildman–Crippen MR) is 87.6 cm³/mol. The molecule has 7 heteroatoms. The highest BCUT2D eigenvalue weighted by molar-refractivity contribution is 6.01. The lowest BCUT2D eigenvalue weighted by Gasteiger charge is -2.07. The van der Waals surface area contributed by atoms with Crippen molar-refractivity contribution in [3.8, 4) is 5.69 Å². The molecule has 0 spiro atoms. The minimum absolute atomic E-state index is 0.317. The van der Waals surface area contributed by atoms with Gasteiger partial charge in [0.2, 0.25) is 0 Å². The van der Waals surface area contributed by atoms with Crippen LogP contribution >= 0.6 is 0 Å². The van der Waals surface area contributed by atoms with Gasteiger partial charge in [0.15, 0.2) is 6.20 Å². The first-order valence-electron chi connectivity index (χ1n) is 7.56. The third-order valence-electron chi connectivity index (χ3n) is 4.23. The summed E-state index contributed by atoms with van der Waals surface area (Å²) in [6.07, 6.45) is -2.56. The molecule has 4 nitrogen and oxygen atoms in total. The van der Waals surface area contributed by atoms with Gasteiger partial charge in [-0.05, 0) is 30.3 Å². The first kappa shape index (κ1) is 15.4. The molecule has 0 saturated heterocycles. The van der Waals surface area contributed by atoms with Crippen molar-refractivity contribution in [2.45, 2.75) is 6.18 Å². The minimum Gasteiger partial charge on any atom is -0.284 e. The van der Waals surface area contributed by atoms with Crippen LogP contribution in [0.1, 0.15) is 5.56 Å². The molecule has 2 aromatic heterocycles. The van der Waals surface area contributed by atoms with E-state index in [-0.39, 0.29) is 5.56 Å². The molecule has 0 unspecified atom stereocenters. The Hall–Kier alpha value is -3.09. The van der Waals surface area contributed by atoms with Crippen LogP contribution in [-0.4, -0.2) is 9.78 Å². The Labute approximate surface area is 139 Å². The zero-order chi connectivity index (χ0) is 17.8. The lowest BCUT2D eigenvalue weighted by molar-refractivity contribution is -0.644. The highest BCUT2D eigenvalue weighted by atomic mass is 19.4. The van der Waals surface area contributed by atoms with E-state index in [1.165, 1.54) is 16.8 Å². The molecular formula is C18H13F3N3O+. The zero-order valence-corrected chi connectivity index (χ0v) is 13.1. The van der Waals surface area contributed by atoms with Gasteiger partial charge in [-0.25, -0.2) is 4.68 Å². The van der Waals surface area contributed by atoms with E-state index in [1.54, 1.807) is 11.6 Å². The van der Waals surface area contributed by atoms with Crippen molar-refractivity contribution in [1.29, 1.82) is 0 Å². The van der Waals surface area contributed by atoms with Crippen LogP contribution in [-0.2, 0) is 13.2 Å². The topological polar surface area (TPSA) is 41.7 Å². The summed E-state index contributed by atoms with van der Waals surface area (Å²) in [5.41, 5.74) is 0.377. The van der Waals surface area contributed by atoms with Crippen molar-refractivity contribution < 1.29 is 17.7 Å². The summed E-state index contributed by atoms with van der Waals surface area (Å²) in [7, 11) is 1.76. The van der Waals surface area contributed by atoms with Gasteiger partial charge in [0.25, 0.3) is 5.52 Å². The Morgan fingerprint density at radius 3 is 2.40 bits per heavy atom. The number of halogens is 3. The van der Waals surface area contributed by atoms with Crippen LogP contribution in [0.5, 0.6) is 0 Å². The van der Waals surface area contributed by atoms with E-state index in [2.05, 4.69) is 5.10 Å². The SMILES string of the molecule is C[n+]1cc2ccccc2c2[nH]n(-c3ccc(C(F)(F)F)cc3)c(=O)c21. The van der Waals surface area contributed by atoms with Gasteiger partial charge in [0.05, 0.1) is 11.3 Å². The van der Waals surface area contributed by atoms with Crippen LogP contribution in [0.25, 0.3) is 27.5 Å². The van der Waals surface area contributed by atoms with E-state index in [0.717, 1.165) is 22.9 Å². The maximum Gasteiger partial charge on any atom is 0.416 e. The number of hydrogen-bond donors (Lipinski definition) is 1. The predicted octanol–water partition coefficient (Wildman–Crippen LogP) is 3.32. The molecule has 4 aromatic rings. The summed E-state index contributed by atoms with van der Waals surface area (Å²) in [5.74, 6) is 0. The Kier molecular flexibility index (Phi) is 3.21. The Bertz CT molecular complexity index is 1150. The van der Waals surface area contributed by atoms with E-state index >= 15 is 0 Å². The second-order valence-corrected chi connectivity index (χ2v) is 5.85. The highest BCUT2D eigenvalue weighted by Crippen LogP contribution is 2.29. The van der Waals surface area contributed by atoms with Crippen LogP contribution in [0.3, 0.4) is 0 Å². The maximum atomic E-state index is 12.8. The molecule has 0 amide bonds. The third kappa shape index (κ3) is 2.39. The zero-order valence-electron chi connectivity index (χ0n) is 13.1. The van der Waals surface area contributed by atoms with Gasteiger partial charge in [-0.15, -0.1) is 0 Å². The molecule has 0 bridgehead atoms. The number of pyridine rings is 1. The molecule has 0 aliphatic carbocycles. The molecule has 2 aromatic carbocycles. The molecule has 4 rings (SSSR count). The van der Waals surface area contributed by atoms with E-state index in [0.29, 0.717) is 16.7 Å². The van der Waals surface area contributed by atoms with Gasteiger partial charge in [-0.1, -0.05) is 18.2 Å². The molecule has 2 heterocycles. The second kappa shape index (κ2) is 5.20. The monoisotopic (exact) mass is 344 g/mol. The average Bonchev–Trinajstić information content (AvgIpc) is 2.93. The second-order valence-electron chi connectivity index (χ2n) is 5.85. The van der Waals surface area contributed by atoms with Gasteiger partial charge >= 0.3 is 11.7 Å². The number of rotatable bonds is 1. The van der Waals surface area contributed by atoms with Gasteiger partial charge in [-0.3, -0.25) is 9.89 Å².